The number of hydrogen-bond donors (Lipinski definition) is 2. The van der Waals surface area contributed by atoms with Crippen LogP contribution in [0.5, 0.6) is 0 Å². The third-order valence-corrected chi connectivity index (χ3v) is 5.48. The van der Waals surface area contributed by atoms with Crippen LogP contribution in [0.3, 0.4) is 0 Å². The molecule has 0 amide bonds. The Morgan fingerprint density at radius 1 is 1.12 bits per heavy atom. The van der Waals surface area contributed by atoms with Crippen molar-refractivity contribution in [3.63, 3.8) is 0 Å². The Hall–Kier alpha value is -2.71. The summed E-state index contributed by atoms with van der Waals surface area (Å²) in [7, 11) is -2.06. The quantitative estimate of drug-likeness (QED) is 0.597. The number of aromatic amines is 1. The molecule has 0 unspecified atom stereocenters. The molecule has 0 radical (unpaired) electrons. The molecule has 3 heterocycles. The average molecular weight is 341 g/mol. The SMILES string of the molecule is CNS(=O)(=O)c1ccc(-c2nc(C)n3c2cnc2[nH]ccc23)cc1. The van der Waals surface area contributed by atoms with E-state index in [4.69, 9.17) is 0 Å². The van der Waals surface area contributed by atoms with Crippen molar-refractivity contribution in [1.82, 2.24) is 24.1 Å². The average Bonchev–Trinajstić information content (AvgIpc) is 3.19. The van der Waals surface area contributed by atoms with Crippen LogP contribution in [0.1, 0.15) is 5.82 Å². The molecule has 3 aromatic heterocycles. The molecule has 8 heteroatoms. The van der Waals surface area contributed by atoms with E-state index in [9.17, 15) is 8.42 Å². The maximum atomic E-state index is 11.8. The normalized spacial score (nSPS) is 12.2. The first-order chi connectivity index (χ1) is 11.5. The largest absolute Gasteiger partial charge is 0.345 e. The fourth-order valence-electron chi connectivity index (χ4n) is 2.86. The zero-order valence-corrected chi connectivity index (χ0v) is 13.9. The summed E-state index contributed by atoms with van der Waals surface area (Å²) in [5.74, 6) is 0.846. The molecule has 122 valence electrons. The maximum absolute atomic E-state index is 11.8. The van der Waals surface area contributed by atoms with E-state index in [2.05, 4.69) is 19.7 Å². The minimum atomic E-state index is -3.45. The lowest BCUT2D eigenvalue weighted by molar-refractivity contribution is 0.588. The number of rotatable bonds is 3. The Balaban J connectivity index is 1.91. The van der Waals surface area contributed by atoms with Crippen LogP contribution in [0, 0.1) is 6.92 Å². The van der Waals surface area contributed by atoms with Gasteiger partial charge in [-0.3, -0.25) is 4.40 Å². The number of benzene rings is 1. The summed E-state index contributed by atoms with van der Waals surface area (Å²) in [4.78, 5) is 12.4. The van der Waals surface area contributed by atoms with Gasteiger partial charge in [0.25, 0.3) is 0 Å². The van der Waals surface area contributed by atoms with E-state index in [0.29, 0.717) is 0 Å². The molecule has 0 bridgehead atoms. The lowest BCUT2D eigenvalue weighted by atomic mass is 10.1. The van der Waals surface area contributed by atoms with Gasteiger partial charge in [0, 0.05) is 11.8 Å². The van der Waals surface area contributed by atoms with Crippen molar-refractivity contribution in [3.05, 3.63) is 48.5 Å². The molecule has 0 fully saturated rings. The van der Waals surface area contributed by atoms with Crippen LogP contribution < -0.4 is 4.72 Å². The molecular formula is C16H15N5O2S. The second-order valence-electron chi connectivity index (χ2n) is 5.43. The molecule has 7 nitrogen and oxygen atoms in total. The summed E-state index contributed by atoms with van der Waals surface area (Å²) in [5.41, 5.74) is 4.25. The number of imidazole rings is 1. The molecule has 0 atom stereocenters. The summed E-state index contributed by atoms with van der Waals surface area (Å²) in [6.45, 7) is 1.93. The minimum Gasteiger partial charge on any atom is -0.345 e. The van der Waals surface area contributed by atoms with Gasteiger partial charge < -0.3 is 4.98 Å². The fraction of sp³-hybridized carbons (Fsp3) is 0.125. The van der Waals surface area contributed by atoms with Crippen molar-refractivity contribution in [2.24, 2.45) is 0 Å². The number of nitrogens with one attached hydrogen (secondary N) is 2. The van der Waals surface area contributed by atoms with E-state index < -0.39 is 10.0 Å². The van der Waals surface area contributed by atoms with Gasteiger partial charge in [-0.15, -0.1) is 0 Å². The predicted molar refractivity (Wildman–Crippen MR) is 91.3 cm³/mol. The molecule has 0 aliphatic rings. The smallest absolute Gasteiger partial charge is 0.240 e. The monoisotopic (exact) mass is 341 g/mol. The summed E-state index contributed by atoms with van der Waals surface area (Å²) >= 11 is 0. The van der Waals surface area contributed by atoms with E-state index in [1.807, 2.05) is 23.6 Å². The van der Waals surface area contributed by atoms with Crippen LogP contribution in [-0.4, -0.2) is 34.8 Å². The molecular weight excluding hydrogens is 326 g/mol. The maximum Gasteiger partial charge on any atom is 0.240 e. The molecule has 4 aromatic rings. The molecule has 2 N–H and O–H groups in total. The standard InChI is InChI=1S/C16H15N5O2S/c1-10-20-15(11-3-5-12(6-4-11)24(22,23)17-2)14-9-19-16-13(21(10)14)7-8-18-16/h3-9,17-18H,1-2H3. The summed E-state index contributed by atoms with van der Waals surface area (Å²) in [6, 6.07) is 8.62. The first kappa shape index (κ1) is 14.9. The Kier molecular flexibility index (Phi) is 3.19. The van der Waals surface area contributed by atoms with Gasteiger partial charge in [0.1, 0.15) is 5.82 Å². The highest BCUT2D eigenvalue weighted by Crippen LogP contribution is 2.27. The summed E-state index contributed by atoms with van der Waals surface area (Å²) < 4.78 is 28.0. The summed E-state index contributed by atoms with van der Waals surface area (Å²) in [5, 5.41) is 0. The van der Waals surface area contributed by atoms with Gasteiger partial charge in [-0.1, -0.05) is 12.1 Å². The van der Waals surface area contributed by atoms with E-state index in [-0.39, 0.29) is 4.90 Å². The van der Waals surface area contributed by atoms with Crippen molar-refractivity contribution in [3.8, 4) is 11.3 Å². The van der Waals surface area contributed by atoms with E-state index in [1.165, 1.54) is 7.05 Å². The highest BCUT2D eigenvalue weighted by Gasteiger charge is 2.15. The second-order valence-corrected chi connectivity index (χ2v) is 7.32. The Labute approximate surface area is 138 Å². The zero-order valence-electron chi connectivity index (χ0n) is 13.1. The van der Waals surface area contributed by atoms with Crippen LogP contribution in [0.2, 0.25) is 0 Å². The van der Waals surface area contributed by atoms with Crippen molar-refractivity contribution in [1.29, 1.82) is 0 Å². The Morgan fingerprint density at radius 2 is 1.88 bits per heavy atom. The third kappa shape index (κ3) is 2.11. The number of aryl methyl sites for hydroxylation is 1. The molecule has 0 aliphatic heterocycles. The van der Waals surface area contributed by atoms with Crippen LogP contribution in [0.25, 0.3) is 27.9 Å². The number of nitrogens with zero attached hydrogens (tertiary/aromatic N) is 3. The number of sulfonamides is 1. The van der Waals surface area contributed by atoms with E-state index >= 15 is 0 Å². The number of H-pyrrole nitrogens is 1. The Morgan fingerprint density at radius 3 is 2.58 bits per heavy atom. The lowest BCUT2D eigenvalue weighted by Gasteiger charge is -2.04. The van der Waals surface area contributed by atoms with Crippen molar-refractivity contribution in [2.75, 3.05) is 7.05 Å². The van der Waals surface area contributed by atoms with Gasteiger partial charge in [0.2, 0.25) is 10.0 Å². The molecule has 0 saturated carbocycles. The fourth-order valence-corrected chi connectivity index (χ4v) is 3.59. The van der Waals surface area contributed by atoms with Crippen LogP contribution in [-0.2, 0) is 10.0 Å². The van der Waals surface area contributed by atoms with E-state index in [1.54, 1.807) is 30.5 Å². The van der Waals surface area contributed by atoms with Gasteiger partial charge in [0.05, 0.1) is 27.8 Å². The number of fused-ring (bicyclic) bond motifs is 3. The van der Waals surface area contributed by atoms with Gasteiger partial charge in [-0.25, -0.2) is 23.1 Å². The van der Waals surface area contributed by atoms with Crippen molar-refractivity contribution >= 4 is 26.7 Å². The number of aromatic nitrogens is 4. The van der Waals surface area contributed by atoms with E-state index in [0.717, 1.165) is 33.8 Å². The highest BCUT2D eigenvalue weighted by atomic mass is 32.2. The van der Waals surface area contributed by atoms with Crippen molar-refractivity contribution in [2.45, 2.75) is 11.8 Å². The lowest BCUT2D eigenvalue weighted by Crippen LogP contribution is -2.18. The highest BCUT2D eigenvalue weighted by molar-refractivity contribution is 7.89. The third-order valence-electron chi connectivity index (χ3n) is 4.05. The molecule has 24 heavy (non-hydrogen) atoms. The van der Waals surface area contributed by atoms with Crippen LogP contribution in [0.4, 0.5) is 0 Å². The van der Waals surface area contributed by atoms with Crippen LogP contribution in [0.15, 0.2) is 47.6 Å². The topological polar surface area (TPSA) is 92.2 Å². The second kappa shape index (κ2) is 5.15. The molecule has 1 aromatic carbocycles. The molecule has 0 spiro atoms. The van der Waals surface area contributed by atoms with Gasteiger partial charge >= 0.3 is 0 Å². The molecule has 0 saturated heterocycles. The minimum absolute atomic E-state index is 0.222. The first-order valence-corrected chi connectivity index (χ1v) is 8.85. The van der Waals surface area contributed by atoms with Gasteiger partial charge in [-0.05, 0) is 32.2 Å². The molecule has 4 rings (SSSR count). The first-order valence-electron chi connectivity index (χ1n) is 7.36. The zero-order chi connectivity index (χ0) is 16.9. The number of hydrogen-bond acceptors (Lipinski definition) is 4. The summed E-state index contributed by atoms with van der Waals surface area (Å²) in [6.07, 6.45) is 3.61. The van der Waals surface area contributed by atoms with Crippen LogP contribution >= 0.6 is 0 Å². The Bertz CT molecular complexity index is 1160. The van der Waals surface area contributed by atoms with Crippen molar-refractivity contribution < 1.29 is 8.42 Å². The molecule has 0 aliphatic carbocycles. The van der Waals surface area contributed by atoms with Gasteiger partial charge in [-0.2, -0.15) is 0 Å². The predicted octanol–water partition coefficient (Wildman–Crippen LogP) is 2.09. The van der Waals surface area contributed by atoms with Gasteiger partial charge in [0.15, 0.2) is 5.65 Å².